The molecule has 0 bridgehead atoms. The van der Waals surface area contributed by atoms with Gasteiger partial charge in [-0.15, -0.1) is 0 Å². The van der Waals surface area contributed by atoms with Gasteiger partial charge in [0.15, 0.2) is 0 Å². The van der Waals surface area contributed by atoms with Gasteiger partial charge in [0.2, 0.25) is 11.8 Å². The van der Waals surface area contributed by atoms with Crippen LogP contribution < -0.4 is 5.32 Å². The highest BCUT2D eigenvalue weighted by Crippen LogP contribution is 2.47. The molecule has 2 atom stereocenters. The van der Waals surface area contributed by atoms with E-state index >= 15 is 0 Å². The summed E-state index contributed by atoms with van der Waals surface area (Å²) < 4.78 is 0. The molecular weight excluding hydrogens is 228 g/mol. The minimum Gasteiger partial charge on any atom is -0.314 e. The fourth-order valence-corrected chi connectivity index (χ4v) is 3.96. The Balaban J connectivity index is 1.80. The Morgan fingerprint density at radius 1 is 1.22 bits per heavy atom. The Hall–Kier alpha value is -0.900. The van der Waals surface area contributed by atoms with E-state index in [1.165, 1.54) is 0 Å². The molecule has 0 aromatic carbocycles. The average Bonchev–Trinajstić information content (AvgIpc) is 2.87. The first-order valence-electron chi connectivity index (χ1n) is 7.20. The number of hydrogen-bond acceptors (Lipinski definition) is 3. The molecule has 3 aliphatic rings. The van der Waals surface area contributed by atoms with Gasteiger partial charge in [-0.1, -0.05) is 19.8 Å². The average molecular weight is 250 g/mol. The fraction of sp³-hybridized carbons (Fsp3) is 0.857. The summed E-state index contributed by atoms with van der Waals surface area (Å²) in [6, 6.07) is 0.0914. The summed E-state index contributed by atoms with van der Waals surface area (Å²) in [4.78, 5) is 26.5. The van der Waals surface area contributed by atoms with Crippen LogP contribution in [0.3, 0.4) is 0 Å². The van der Waals surface area contributed by atoms with Crippen molar-refractivity contribution in [3.05, 3.63) is 0 Å². The van der Waals surface area contributed by atoms with Crippen LogP contribution in [0.4, 0.5) is 0 Å². The van der Waals surface area contributed by atoms with Gasteiger partial charge >= 0.3 is 0 Å². The quantitative estimate of drug-likeness (QED) is 0.714. The Bertz CT molecular complexity index is 374. The zero-order chi connectivity index (χ0) is 12.8. The van der Waals surface area contributed by atoms with E-state index in [2.05, 4.69) is 12.2 Å². The molecule has 0 aromatic rings. The number of nitrogens with one attached hydrogen (secondary N) is 1. The first kappa shape index (κ1) is 12.2. The van der Waals surface area contributed by atoms with Crippen LogP contribution in [0.15, 0.2) is 0 Å². The fourth-order valence-electron chi connectivity index (χ4n) is 3.96. The van der Waals surface area contributed by atoms with E-state index in [9.17, 15) is 9.59 Å². The van der Waals surface area contributed by atoms with Crippen LogP contribution in [0.1, 0.15) is 45.4 Å². The summed E-state index contributed by atoms with van der Waals surface area (Å²) in [6.45, 7) is 3.95. The Kier molecular flexibility index (Phi) is 2.93. The molecule has 0 radical (unpaired) electrons. The molecule has 2 aliphatic heterocycles. The first-order valence-corrected chi connectivity index (χ1v) is 7.20. The van der Waals surface area contributed by atoms with Crippen LogP contribution in [0.5, 0.6) is 0 Å². The number of carbonyl (C=O) groups excluding carboxylic acids is 2. The Morgan fingerprint density at radius 3 is 2.61 bits per heavy atom. The summed E-state index contributed by atoms with van der Waals surface area (Å²) in [5.74, 6) is 0.748. The molecule has 1 saturated carbocycles. The van der Waals surface area contributed by atoms with Crippen LogP contribution in [0.2, 0.25) is 0 Å². The maximum Gasteiger partial charge on any atom is 0.236 e. The van der Waals surface area contributed by atoms with E-state index in [-0.39, 0.29) is 23.3 Å². The summed E-state index contributed by atoms with van der Waals surface area (Å²) in [5, 5.41) is 3.34. The maximum atomic E-state index is 12.6. The molecule has 18 heavy (non-hydrogen) atoms. The SMILES string of the molecule is CC1CNCC(N2C(=O)CC3(CCCC3)C2=O)C1. The lowest BCUT2D eigenvalue weighted by molar-refractivity contribution is -0.144. The van der Waals surface area contributed by atoms with Gasteiger partial charge in [-0.05, 0) is 31.7 Å². The summed E-state index contributed by atoms with van der Waals surface area (Å²) in [5.41, 5.74) is -0.308. The predicted molar refractivity (Wildman–Crippen MR) is 67.8 cm³/mol. The van der Waals surface area contributed by atoms with Gasteiger partial charge in [-0.3, -0.25) is 14.5 Å². The first-order chi connectivity index (χ1) is 8.62. The van der Waals surface area contributed by atoms with E-state index in [1.54, 1.807) is 4.90 Å². The molecular formula is C14H22N2O2. The van der Waals surface area contributed by atoms with Gasteiger partial charge in [0, 0.05) is 13.0 Å². The number of rotatable bonds is 1. The molecule has 0 aromatic heterocycles. The van der Waals surface area contributed by atoms with Gasteiger partial charge in [-0.25, -0.2) is 0 Å². The van der Waals surface area contributed by atoms with E-state index < -0.39 is 0 Å². The monoisotopic (exact) mass is 250 g/mol. The molecule has 2 saturated heterocycles. The highest BCUT2D eigenvalue weighted by atomic mass is 16.2. The number of amides is 2. The van der Waals surface area contributed by atoms with Crippen molar-refractivity contribution in [3.8, 4) is 0 Å². The van der Waals surface area contributed by atoms with Gasteiger partial charge < -0.3 is 5.32 Å². The number of hydrogen-bond donors (Lipinski definition) is 1. The van der Waals surface area contributed by atoms with Crippen molar-refractivity contribution in [2.75, 3.05) is 13.1 Å². The minimum absolute atomic E-state index is 0.0720. The second-order valence-corrected chi connectivity index (χ2v) is 6.39. The minimum atomic E-state index is -0.308. The maximum absolute atomic E-state index is 12.6. The number of carbonyl (C=O) groups is 2. The van der Waals surface area contributed by atoms with E-state index in [0.29, 0.717) is 12.3 Å². The highest BCUT2D eigenvalue weighted by Gasteiger charge is 2.54. The van der Waals surface area contributed by atoms with Gasteiger partial charge in [0.25, 0.3) is 0 Å². The van der Waals surface area contributed by atoms with Crippen molar-refractivity contribution in [1.82, 2.24) is 10.2 Å². The van der Waals surface area contributed by atoms with E-state index in [4.69, 9.17) is 0 Å². The molecule has 2 heterocycles. The summed E-state index contributed by atoms with van der Waals surface area (Å²) in [6.07, 6.45) is 5.48. The highest BCUT2D eigenvalue weighted by molar-refractivity contribution is 6.06. The molecule has 3 fully saturated rings. The number of likely N-dealkylation sites (tertiary alicyclic amines) is 1. The topological polar surface area (TPSA) is 49.4 Å². The number of nitrogens with zero attached hydrogens (tertiary/aromatic N) is 1. The smallest absolute Gasteiger partial charge is 0.236 e. The van der Waals surface area contributed by atoms with Crippen LogP contribution in [0.25, 0.3) is 0 Å². The lowest BCUT2D eigenvalue weighted by Crippen LogP contribution is -2.51. The van der Waals surface area contributed by atoms with Crippen LogP contribution >= 0.6 is 0 Å². The molecule has 1 N–H and O–H groups in total. The number of imide groups is 1. The van der Waals surface area contributed by atoms with Crippen molar-refractivity contribution >= 4 is 11.8 Å². The Labute approximate surface area is 108 Å². The van der Waals surface area contributed by atoms with Crippen LogP contribution in [0, 0.1) is 11.3 Å². The summed E-state index contributed by atoms with van der Waals surface area (Å²) in [7, 11) is 0. The van der Waals surface area contributed by atoms with Crippen molar-refractivity contribution in [2.45, 2.75) is 51.5 Å². The number of piperidine rings is 1. The third-order valence-corrected chi connectivity index (χ3v) is 4.90. The zero-order valence-electron chi connectivity index (χ0n) is 11.1. The lowest BCUT2D eigenvalue weighted by atomic mass is 9.84. The molecule has 1 aliphatic carbocycles. The van der Waals surface area contributed by atoms with Gasteiger partial charge in [0.1, 0.15) is 0 Å². The van der Waals surface area contributed by atoms with Crippen molar-refractivity contribution in [1.29, 1.82) is 0 Å². The molecule has 1 spiro atoms. The van der Waals surface area contributed by atoms with E-state index in [0.717, 1.165) is 45.2 Å². The second kappa shape index (κ2) is 4.34. The third kappa shape index (κ3) is 1.78. The Morgan fingerprint density at radius 2 is 1.94 bits per heavy atom. The standard InChI is InChI=1S/C14H22N2O2/c1-10-6-11(9-15-8-10)16-12(17)7-14(13(16)18)4-2-3-5-14/h10-11,15H,2-9H2,1H3. The van der Waals surface area contributed by atoms with Gasteiger partial charge in [0.05, 0.1) is 11.5 Å². The molecule has 100 valence electrons. The zero-order valence-corrected chi connectivity index (χ0v) is 11.1. The lowest BCUT2D eigenvalue weighted by Gasteiger charge is -2.34. The molecule has 4 heteroatoms. The van der Waals surface area contributed by atoms with Crippen molar-refractivity contribution < 1.29 is 9.59 Å². The van der Waals surface area contributed by atoms with Crippen LogP contribution in [-0.2, 0) is 9.59 Å². The largest absolute Gasteiger partial charge is 0.314 e. The molecule has 2 unspecified atom stereocenters. The summed E-state index contributed by atoms with van der Waals surface area (Å²) >= 11 is 0. The van der Waals surface area contributed by atoms with Crippen LogP contribution in [-0.4, -0.2) is 35.8 Å². The van der Waals surface area contributed by atoms with Crippen molar-refractivity contribution in [3.63, 3.8) is 0 Å². The van der Waals surface area contributed by atoms with E-state index in [1.807, 2.05) is 0 Å². The molecule has 2 amide bonds. The third-order valence-electron chi connectivity index (χ3n) is 4.90. The molecule has 3 rings (SSSR count). The van der Waals surface area contributed by atoms with Crippen molar-refractivity contribution in [2.24, 2.45) is 11.3 Å². The predicted octanol–water partition coefficient (Wildman–Crippen LogP) is 1.30. The van der Waals surface area contributed by atoms with Gasteiger partial charge in [-0.2, -0.15) is 0 Å². The second-order valence-electron chi connectivity index (χ2n) is 6.39. The normalized spacial score (nSPS) is 35.7. The molecule has 4 nitrogen and oxygen atoms in total.